The van der Waals surface area contributed by atoms with Crippen molar-refractivity contribution in [1.82, 2.24) is 9.88 Å². The molecule has 0 amide bonds. The van der Waals surface area contributed by atoms with Gasteiger partial charge in [0.2, 0.25) is 0 Å². The summed E-state index contributed by atoms with van der Waals surface area (Å²) >= 11 is 0. The predicted octanol–water partition coefficient (Wildman–Crippen LogP) is 1.05. The molecule has 4 heterocycles. The van der Waals surface area contributed by atoms with Gasteiger partial charge in [-0.15, -0.1) is 6.58 Å². The maximum Gasteiger partial charge on any atom is 0.335 e. The number of aliphatic carboxylic acids is 2. The number of aliphatic hydroxyl groups is 3. The molecular weight excluding hydrogens is 444 g/mol. The third kappa shape index (κ3) is 5.36. The van der Waals surface area contributed by atoms with Gasteiger partial charge in [-0.3, -0.25) is 9.88 Å². The molecule has 3 saturated heterocycles. The fourth-order valence-corrected chi connectivity index (χ4v) is 4.71. The number of carbonyl (C=O) groups is 2. The number of benzene rings is 1. The second kappa shape index (κ2) is 10.9. The van der Waals surface area contributed by atoms with Crippen molar-refractivity contribution < 1.29 is 39.9 Å². The fraction of sp³-hybridized carbons (Fsp3) is 0.458. The molecule has 1 aromatic carbocycles. The lowest BCUT2D eigenvalue weighted by Gasteiger charge is -2.50. The van der Waals surface area contributed by atoms with E-state index in [0.29, 0.717) is 11.8 Å². The largest absolute Gasteiger partial charge is 0.497 e. The van der Waals surface area contributed by atoms with Crippen molar-refractivity contribution in [3.05, 3.63) is 48.7 Å². The van der Waals surface area contributed by atoms with Gasteiger partial charge in [-0.1, -0.05) is 6.08 Å². The Hall–Kier alpha value is -3.05. The minimum absolute atomic E-state index is 0.178. The molecule has 3 aliphatic heterocycles. The summed E-state index contributed by atoms with van der Waals surface area (Å²) in [5.41, 5.74) is 1.85. The number of piperidine rings is 3. The lowest BCUT2D eigenvalue weighted by molar-refractivity contribution is -0.165. The van der Waals surface area contributed by atoms with Crippen LogP contribution in [-0.4, -0.2) is 85.8 Å². The highest BCUT2D eigenvalue weighted by Gasteiger charge is 2.42. The Kier molecular flexibility index (Phi) is 8.21. The molecule has 1 aromatic heterocycles. The summed E-state index contributed by atoms with van der Waals surface area (Å²) in [7, 11) is 1.66. The summed E-state index contributed by atoms with van der Waals surface area (Å²) in [5, 5.41) is 44.7. The van der Waals surface area contributed by atoms with E-state index in [4.69, 9.17) is 25.2 Å². The van der Waals surface area contributed by atoms with E-state index < -0.39 is 30.3 Å². The minimum Gasteiger partial charge on any atom is -0.497 e. The Bertz CT molecular complexity index is 1030. The molecule has 5 rings (SSSR count). The average molecular weight is 475 g/mol. The maximum absolute atomic E-state index is 11.2. The van der Waals surface area contributed by atoms with Gasteiger partial charge < -0.3 is 30.3 Å². The number of hydrogen-bond donors (Lipinski definition) is 5. The second-order valence-corrected chi connectivity index (χ2v) is 8.54. The number of pyridine rings is 1. The highest BCUT2D eigenvalue weighted by Crippen LogP contribution is 2.42. The molecule has 7 atom stereocenters. The molecule has 0 aliphatic carbocycles. The first-order valence-electron chi connectivity index (χ1n) is 11.0. The molecule has 34 heavy (non-hydrogen) atoms. The summed E-state index contributed by atoms with van der Waals surface area (Å²) in [4.78, 5) is 26.4. The monoisotopic (exact) mass is 474 g/mol. The number of fused-ring (bicyclic) bond motifs is 4. The Morgan fingerprint density at radius 2 is 1.85 bits per heavy atom. The van der Waals surface area contributed by atoms with Crippen LogP contribution in [0.25, 0.3) is 10.9 Å². The number of nitrogens with zero attached hydrogens (tertiary/aromatic N) is 2. The van der Waals surface area contributed by atoms with Crippen LogP contribution < -0.4 is 4.74 Å². The van der Waals surface area contributed by atoms with Crippen LogP contribution in [0.2, 0.25) is 0 Å². The van der Waals surface area contributed by atoms with Crippen molar-refractivity contribution in [2.75, 3.05) is 20.2 Å². The van der Waals surface area contributed by atoms with E-state index in [1.54, 1.807) is 13.3 Å². The Balaban J connectivity index is 0.000000277. The minimum atomic E-state index is -2.27. The van der Waals surface area contributed by atoms with Crippen LogP contribution in [-0.2, 0) is 9.59 Å². The van der Waals surface area contributed by atoms with Gasteiger partial charge in [0.15, 0.2) is 12.2 Å². The molecule has 3 fully saturated rings. The van der Waals surface area contributed by atoms with Gasteiger partial charge in [0.1, 0.15) is 5.75 Å². The van der Waals surface area contributed by atoms with E-state index in [1.165, 1.54) is 6.42 Å². The van der Waals surface area contributed by atoms with Crippen molar-refractivity contribution in [2.24, 2.45) is 11.8 Å². The summed E-state index contributed by atoms with van der Waals surface area (Å²) in [6.45, 7) is 6.07. The summed E-state index contributed by atoms with van der Waals surface area (Å²) < 4.78 is 5.35. The van der Waals surface area contributed by atoms with Gasteiger partial charge in [-0.25, -0.2) is 9.59 Å². The van der Waals surface area contributed by atoms with Crippen molar-refractivity contribution in [3.8, 4) is 5.75 Å². The van der Waals surface area contributed by atoms with Gasteiger partial charge in [0.25, 0.3) is 0 Å². The number of carboxylic acids is 2. The van der Waals surface area contributed by atoms with Crippen molar-refractivity contribution in [3.63, 3.8) is 0 Å². The molecule has 3 aliphatic rings. The third-order valence-corrected chi connectivity index (χ3v) is 6.62. The molecule has 0 radical (unpaired) electrons. The van der Waals surface area contributed by atoms with Crippen LogP contribution in [0.5, 0.6) is 5.75 Å². The molecule has 2 bridgehead atoms. The summed E-state index contributed by atoms with van der Waals surface area (Å²) in [6.07, 6.45) is 1.09. The number of rotatable bonds is 7. The third-order valence-electron chi connectivity index (χ3n) is 6.62. The van der Waals surface area contributed by atoms with Crippen molar-refractivity contribution in [1.29, 1.82) is 0 Å². The molecule has 5 N–H and O–H groups in total. The Labute approximate surface area is 196 Å². The van der Waals surface area contributed by atoms with Gasteiger partial charge in [0.05, 0.1) is 18.7 Å². The average Bonchev–Trinajstić information content (AvgIpc) is 2.86. The number of hydrogen-bond acceptors (Lipinski definition) is 8. The topological polar surface area (TPSA) is 161 Å². The number of ether oxygens (including phenoxy) is 1. The fourth-order valence-electron chi connectivity index (χ4n) is 4.71. The number of methoxy groups -OCH3 is 1. The molecule has 0 saturated carbocycles. The second-order valence-electron chi connectivity index (χ2n) is 8.54. The van der Waals surface area contributed by atoms with Crippen LogP contribution in [0.15, 0.2) is 43.1 Å². The van der Waals surface area contributed by atoms with E-state index in [9.17, 15) is 14.7 Å². The van der Waals surface area contributed by atoms with Crippen molar-refractivity contribution in [2.45, 2.75) is 37.2 Å². The lowest BCUT2D eigenvalue weighted by Crippen LogP contribution is -2.54. The van der Waals surface area contributed by atoms with Gasteiger partial charge >= 0.3 is 11.9 Å². The van der Waals surface area contributed by atoms with Gasteiger partial charge in [0, 0.05) is 24.2 Å². The Morgan fingerprint density at radius 1 is 1.18 bits per heavy atom. The standard InChI is InChI=1S/C20H24N2O2.C4H6O6/c1-3-13-12-22-9-7-14(13)10-19(22)20(23)16-6-8-21-18-5-4-15(24-2)11-17(16)18;5-1(3(7)8)2(6)4(9)10/h3-6,8,11,13-14,19-20,23H,1,7,9-10,12H2,2H3;1-2,5-6H,(H,7,8)(H,9,10)/t13-,14-,19+,20+;1-,2-/m01/s1. The lowest BCUT2D eigenvalue weighted by atomic mass is 9.73. The molecule has 0 spiro atoms. The summed E-state index contributed by atoms with van der Waals surface area (Å²) in [6, 6.07) is 7.96. The van der Waals surface area contributed by atoms with E-state index in [1.807, 2.05) is 24.3 Å². The zero-order valence-corrected chi connectivity index (χ0v) is 18.8. The quantitative estimate of drug-likeness (QED) is 0.367. The summed E-state index contributed by atoms with van der Waals surface area (Å²) in [5.74, 6) is -1.53. The van der Waals surface area contributed by atoms with Crippen LogP contribution in [0.1, 0.15) is 24.5 Å². The van der Waals surface area contributed by atoms with Crippen LogP contribution in [0.3, 0.4) is 0 Å². The zero-order valence-electron chi connectivity index (χ0n) is 18.8. The van der Waals surface area contributed by atoms with Crippen molar-refractivity contribution >= 4 is 22.8 Å². The zero-order chi connectivity index (χ0) is 25.0. The number of carboxylic acid groups (broad SMARTS) is 2. The van der Waals surface area contributed by atoms with Crippen LogP contribution >= 0.6 is 0 Å². The van der Waals surface area contributed by atoms with Gasteiger partial charge in [-0.05, 0) is 61.1 Å². The predicted molar refractivity (Wildman–Crippen MR) is 122 cm³/mol. The highest BCUT2D eigenvalue weighted by atomic mass is 16.5. The maximum atomic E-state index is 11.2. The number of aromatic nitrogens is 1. The van der Waals surface area contributed by atoms with E-state index in [0.717, 1.165) is 41.7 Å². The molecule has 2 aromatic rings. The van der Waals surface area contributed by atoms with E-state index in [2.05, 4.69) is 22.5 Å². The highest BCUT2D eigenvalue weighted by molar-refractivity contribution is 5.84. The van der Waals surface area contributed by atoms with Gasteiger partial charge in [-0.2, -0.15) is 0 Å². The van der Waals surface area contributed by atoms with E-state index >= 15 is 0 Å². The molecule has 1 unspecified atom stereocenters. The first-order chi connectivity index (χ1) is 16.2. The Morgan fingerprint density at radius 3 is 2.38 bits per heavy atom. The first kappa shape index (κ1) is 25.6. The van der Waals surface area contributed by atoms with Crippen LogP contribution in [0.4, 0.5) is 0 Å². The van der Waals surface area contributed by atoms with E-state index in [-0.39, 0.29) is 6.04 Å². The molecule has 10 nitrogen and oxygen atoms in total. The molecule has 10 heteroatoms. The molecular formula is C24H30N2O8. The smallest absolute Gasteiger partial charge is 0.335 e. The molecule has 184 valence electrons. The number of aliphatic hydroxyl groups excluding tert-OH is 3. The SMILES string of the molecule is C=C[C@H]1CN2CC[C@H]1C[C@@H]2[C@H](O)c1ccnc2ccc(OC)cc12.O=C(O)[C@H](O)[C@@H](O)C(=O)O. The first-order valence-corrected chi connectivity index (χ1v) is 11.0. The normalized spacial score (nSPS) is 26.0. The van der Waals surface area contributed by atoms with Crippen LogP contribution in [0, 0.1) is 11.8 Å².